The van der Waals surface area contributed by atoms with Crippen LogP contribution in [0, 0.1) is 5.92 Å². The third-order valence-corrected chi connectivity index (χ3v) is 3.48. The Hall–Kier alpha value is -1.06. The largest absolute Gasteiger partial charge is 0.494 e. The first-order valence-corrected chi connectivity index (χ1v) is 8.25. The Labute approximate surface area is 129 Å². The van der Waals surface area contributed by atoms with Crippen LogP contribution in [0.1, 0.15) is 51.5 Å². The molecule has 0 aliphatic carbocycles. The molecule has 120 valence electrons. The van der Waals surface area contributed by atoms with Crippen molar-refractivity contribution in [2.24, 2.45) is 5.92 Å². The van der Waals surface area contributed by atoms with Crippen LogP contribution in [0.5, 0.6) is 5.75 Å². The van der Waals surface area contributed by atoms with Crippen molar-refractivity contribution in [3.8, 4) is 5.75 Å². The van der Waals surface area contributed by atoms with Crippen molar-refractivity contribution in [3.63, 3.8) is 0 Å². The third kappa shape index (κ3) is 9.48. The van der Waals surface area contributed by atoms with Gasteiger partial charge in [0.25, 0.3) is 0 Å². The molecule has 0 heterocycles. The van der Waals surface area contributed by atoms with Crippen molar-refractivity contribution in [2.45, 2.75) is 52.5 Å². The number of nitrogens with one attached hydrogen (secondary N) is 1. The quantitative estimate of drug-likeness (QED) is 0.577. The van der Waals surface area contributed by atoms with Gasteiger partial charge in [-0.1, -0.05) is 38.8 Å². The van der Waals surface area contributed by atoms with E-state index in [4.69, 9.17) is 9.84 Å². The summed E-state index contributed by atoms with van der Waals surface area (Å²) < 4.78 is 5.71. The Morgan fingerprint density at radius 2 is 1.76 bits per heavy atom. The van der Waals surface area contributed by atoms with E-state index in [0.717, 1.165) is 44.7 Å². The maximum Gasteiger partial charge on any atom is 0.119 e. The van der Waals surface area contributed by atoms with Gasteiger partial charge in [0.15, 0.2) is 0 Å². The molecule has 0 atom stereocenters. The van der Waals surface area contributed by atoms with E-state index in [0.29, 0.717) is 12.5 Å². The highest BCUT2D eigenvalue weighted by Crippen LogP contribution is 2.13. The standard InChI is InChI=1S/C18H31NO2/c1-16(2)11-14-21-18-9-7-17(8-10-18)15-19-12-5-3-4-6-13-20/h7-10,16,19-20H,3-6,11-15H2,1-2H3. The molecule has 3 nitrogen and oxygen atoms in total. The molecule has 2 N–H and O–H groups in total. The Balaban J connectivity index is 2.10. The normalized spacial score (nSPS) is 11.0. The highest BCUT2D eigenvalue weighted by atomic mass is 16.5. The fraction of sp³-hybridized carbons (Fsp3) is 0.667. The minimum absolute atomic E-state index is 0.318. The first-order valence-electron chi connectivity index (χ1n) is 8.25. The van der Waals surface area contributed by atoms with Gasteiger partial charge in [0, 0.05) is 13.2 Å². The van der Waals surface area contributed by atoms with E-state index in [1.54, 1.807) is 0 Å². The van der Waals surface area contributed by atoms with Gasteiger partial charge in [0.05, 0.1) is 6.61 Å². The molecule has 0 amide bonds. The van der Waals surface area contributed by atoms with Gasteiger partial charge in [-0.15, -0.1) is 0 Å². The number of unbranched alkanes of at least 4 members (excludes halogenated alkanes) is 3. The van der Waals surface area contributed by atoms with Crippen LogP contribution < -0.4 is 10.1 Å². The summed E-state index contributed by atoms with van der Waals surface area (Å²) in [5, 5.41) is 12.1. The predicted octanol–water partition coefficient (Wildman–Crippen LogP) is 3.75. The lowest BCUT2D eigenvalue weighted by molar-refractivity contribution is 0.282. The summed E-state index contributed by atoms with van der Waals surface area (Å²) in [5.41, 5.74) is 1.29. The van der Waals surface area contributed by atoms with E-state index in [-0.39, 0.29) is 0 Å². The van der Waals surface area contributed by atoms with E-state index < -0.39 is 0 Å². The molecular weight excluding hydrogens is 262 g/mol. The number of hydrogen-bond donors (Lipinski definition) is 2. The number of ether oxygens (including phenoxy) is 1. The van der Waals surface area contributed by atoms with Crippen molar-refractivity contribution in [1.29, 1.82) is 0 Å². The van der Waals surface area contributed by atoms with Crippen molar-refractivity contribution in [1.82, 2.24) is 5.32 Å². The Kier molecular flexibility index (Phi) is 9.92. The zero-order chi connectivity index (χ0) is 15.3. The molecule has 1 aromatic rings. The topological polar surface area (TPSA) is 41.5 Å². The molecule has 0 aromatic heterocycles. The van der Waals surface area contributed by atoms with Gasteiger partial charge in [0.1, 0.15) is 5.75 Å². The van der Waals surface area contributed by atoms with Gasteiger partial charge in [-0.2, -0.15) is 0 Å². The number of aliphatic hydroxyl groups is 1. The van der Waals surface area contributed by atoms with Crippen LogP contribution in [0.15, 0.2) is 24.3 Å². The third-order valence-electron chi connectivity index (χ3n) is 3.48. The van der Waals surface area contributed by atoms with Crippen LogP contribution in [0.2, 0.25) is 0 Å². The van der Waals surface area contributed by atoms with Crippen LogP contribution in [0.25, 0.3) is 0 Å². The average Bonchev–Trinajstić information content (AvgIpc) is 2.47. The van der Waals surface area contributed by atoms with Crippen LogP contribution in [0.3, 0.4) is 0 Å². The van der Waals surface area contributed by atoms with Crippen LogP contribution >= 0.6 is 0 Å². The molecule has 0 aliphatic rings. The lowest BCUT2D eigenvalue weighted by atomic mass is 10.1. The second-order valence-corrected chi connectivity index (χ2v) is 5.99. The molecule has 0 bridgehead atoms. The summed E-state index contributed by atoms with van der Waals surface area (Å²) in [4.78, 5) is 0. The lowest BCUT2D eigenvalue weighted by Crippen LogP contribution is -2.14. The highest BCUT2D eigenvalue weighted by molar-refractivity contribution is 5.27. The molecule has 1 rings (SSSR count). The Morgan fingerprint density at radius 3 is 2.43 bits per heavy atom. The SMILES string of the molecule is CC(C)CCOc1ccc(CNCCCCCCO)cc1. The Bertz CT molecular complexity index is 349. The van der Waals surface area contributed by atoms with Gasteiger partial charge in [-0.3, -0.25) is 0 Å². The summed E-state index contributed by atoms with van der Waals surface area (Å²) >= 11 is 0. The van der Waals surface area contributed by atoms with Crippen molar-refractivity contribution >= 4 is 0 Å². The molecule has 0 saturated carbocycles. The first-order chi connectivity index (χ1) is 10.2. The second-order valence-electron chi connectivity index (χ2n) is 5.99. The number of rotatable bonds is 12. The van der Waals surface area contributed by atoms with Gasteiger partial charge in [-0.05, 0) is 49.4 Å². The molecular formula is C18H31NO2. The average molecular weight is 293 g/mol. The van der Waals surface area contributed by atoms with Crippen LogP contribution in [0.4, 0.5) is 0 Å². The Morgan fingerprint density at radius 1 is 1.05 bits per heavy atom. The summed E-state index contributed by atoms with van der Waals surface area (Å²) in [5.74, 6) is 1.65. The summed E-state index contributed by atoms with van der Waals surface area (Å²) in [6.45, 7) is 7.48. The molecule has 21 heavy (non-hydrogen) atoms. The van der Waals surface area contributed by atoms with Gasteiger partial charge < -0.3 is 15.2 Å². The number of aliphatic hydroxyl groups excluding tert-OH is 1. The van der Waals surface area contributed by atoms with E-state index in [1.165, 1.54) is 18.4 Å². The summed E-state index contributed by atoms with van der Waals surface area (Å²) in [6.07, 6.45) is 5.52. The molecule has 0 fully saturated rings. The van der Waals surface area contributed by atoms with Gasteiger partial charge in [0.2, 0.25) is 0 Å². The van der Waals surface area contributed by atoms with E-state index in [9.17, 15) is 0 Å². The van der Waals surface area contributed by atoms with Gasteiger partial charge >= 0.3 is 0 Å². The lowest BCUT2D eigenvalue weighted by Gasteiger charge is -2.09. The first kappa shape index (κ1) is 18.0. The fourth-order valence-corrected chi connectivity index (χ4v) is 2.06. The minimum atomic E-state index is 0.318. The molecule has 0 saturated heterocycles. The number of hydrogen-bond acceptors (Lipinski definition) is 3. The molecule has 3 heteroatoms. The van der Waals surface area contributed by atoms with E-state index >= 15 is 0 Å². The molecule has 0 unspecified atom stereocenters. The zero-order valence-corrected chi connectivity index (χ0v) is 13.6. The van der Waals surface area contributed by atoms with Gasteiger partial charge in [-0.25, -0.2) is 0 Å². The summed E-state index contributed by atoms with van der Waals surface area (Å²) in [6, 6.07) is 8.37. The predicted molar refractivity (Wildman–Crippen MR) is 88.7 cm³/mol. The monoisotopic (exact) mass is 293 g/mol. The maximum atomic E-state index is 8.70. The van der Waals surface area contributed by atoms with Crippen molar-refractivity contribution in [2.75, 3.05) is 19.8 Å². The van der Waals surface area contributed by atoms with E-state index in [2.05, 4.69) is 43.4 Å². The van der Waals surface area contributed by atoms with Crippen LogP contribution in [-0.2, 0) is 6.54 Å². The number of benzene rings is 1. The molecule has 1 aromatic carbocycles. The minimum Gasteiger partial charge on any atom is -0.494 e. The smallest absolute Gasteiger partial charge is 0.119 e. The zero-order valence-electron chi connectivity index (χ0n) is 13.6. The molecule has 0 aliphatic heterocycles. The molecule has 0 spiro atoms. The highest BCUT2D eigenvalue weighted by Gasteiger charge is 1.98. The maximum absolute atomic E-state index is 8.70. The van der Waals surface area contributed by atoms with Crippen molar-refractivity contribution < 1.29 is 9.84 Å². The van der Waals surface area contributed by atoms with E-state index in [1.807, 2.05) is 0 Å². The molecule has 0 radical (unpaired) electrons. The van der Waals surface area contributed by atoms with Crippen LogP contribution in [-0.4, -0.2) is 24.9 Å². The second kappa shape index (κ2) is 11.6. The fourth-order valence-electron chi connectivity index (χ4n) is 2.06. The van der Waals surface area contributed by atoms with Crippen molar-refractivity contribution in [3.05, 3.63) is 29.8 Å². The summed E-state index contributed by atoms with van der Waals surface area (Å²) in [7, 11) is 0.